The highest BCUT2D eigenvalue weighted by Crippen LogP contribution is 2.60. The third-order valence-electron chi connectivity index (χ3n) is 4.06. The summed E-state index contributed by atoms with van der Waals surface area (Å²) in [7, 11) is -3.71. The van der Waals surface area contributed by atoms with Crippen LogP contribution in [0.3, 0.4) is 0 Å². The first-order valence-electron chi connectivity index (χ1n) is 6.27. The molecule has 0 spiro atoms. The maximum absolute atomic E-state index is 12.2. The van der Waals surface area contributed by atoms with Crippen LogP contribution < -0.4 is 4.72 Å². The second kappa shape index (κ2) is 4.66. The molecule has 110 valence electrons. The first kappa shape index (κ1) is 14.2. The Morgan fingerprint density at radius 1 is 1.50 bits per heavy atom. The monoisotopic (exact) mass is 336 g/mol. The molecule has 1 heterocycles. The molecule has 0 saturated heterocycles. The fourth-order valence-electron chi connectivity index (χ4n) is 2.49. The minimum absolute atomic E-state index is 0.0965. The fraction of sp³-hybridized carbons (Fsp3) is 0.636. The van der Waals surface area contributed by atoms with Crippen molar-refractivity contribution >= 4 is 38.6 Å². The molecule has 9 heteroatoms. The first-order valence-corrected chi connectivity index (χ1v) is 8.95. The highest BCUT2D eigenvalue weighted by atomic mass is 35.5. The van der Waals surface area contributed by atoms with Crippen molar-refractivity contribution in [2.75, 3.05) is 6.54 Å². The predicted molar refractivity (Wildman–Crippen MR) is 75.6 cm³/mol. The van der Waals surface area contributed by atoms with Crippen LogP contribution in [0, 0.1) is 21.4 Å². The molecule has 0 aliphatic heterocycles. The van der Waals surface area contributed by atoms with Gasteiger partial charge in [-0.2, -0.15) is 0 Å². The van der Waals surface area contributed by atoms with Gasteiger partial charge in [-0.25, -0.2) is 13.1 Å². The molecule has 2 aliphatic carbocycles. The molecular formula is C11H13ClN2O4S2. The SMILES string of the molecule is O=[N+]([O-])c1cc(S(=O)(=O)NCC2(C3CC3)CC2)sc1Cl. The standard InChI is InChI=1S/C11H13ClN2O4S2/c12-10-8(14(15)16)5-9(19-10)20(17,18)13-6-11(3-4-11)7-1-2-7/h5,7,13H,1-4,6H2. The quantitative estimate of drug-likeness (QED) is 0.639. The van der Waals surface area contributed by atoms with E-state index in [9.17, 15) is 18.5 Å². The molecule has 1 N–H and O–H groups in total. The summed E-state index contributed by atoms with van der Waals surface area (Å²) in [5.74, 6) is 0.645. The van der Waals surface area contributed by atoms with E-state index in [1.807, 2.05) is 0 Å². The average molecular weight is 337 g/mol. The molecule has 1 aromatic heterocycles. The average Bonchev–Trinajstić information content (AvgIpc) is 3.24. The van der Waals surface area contributed by atoms with Gasteiger partial charge in [0.15, 0.2) is 4.34 Å². The van der Waals surface area contributed by atoms with Crippen molar-refractivity contribution in [1.29, 1.82) is 0 Å². The van der Waals surface area contributed by atoms with Crippen LogP contribution in [-0.2, 0) is 10.0 Å². The Bertz CT molecular complexity index is 662. The molecule has 2 aliphatic rings. The van der Waals surface area contributed by atoms with Gasteiger partial charge in [0.1, 0.15) is 4.21 Å². The Kier molecular flexibility index (Phi) is 3.32. The smallest absolute Gasteiger partial charge is 0.258 e. The van der Waals surface area contributed by atoms with E-state index in [4.69, 9.17) is 11.6 Å². The number of nitro groups is 1. The van der Waals surface area contributed by atoms with Gasteiger partial charge in [-0.15, -0.1) is 11.3 Å². The van der Waals surface area contributed by atoms with Crippen molar-refractivity contribution in [1.82, 2.24) is 4.72 Å². The van der Waals surface area contributed by atoms with Gasteiger partial charge in [-0.1, -0.05) is 11.6 Å². The molecule has 0 amide bonds. The summed E-state index contributed by atoms with van der Waals surface area (Å²) < 4.78 is 26.7. The molecule has 6 nitrogen and oxygen atoms in total. The molecule has 2 saturated carbocycles. The third kappa shape index (κ3) is 2.57. The minimum Gasteiger partial charge on any atom is -0.258 e. The summed E-state index contributed by atoms with van der Waals surface area (Å²) in [5.41, 5.74) is -0.222. The molecule has 3 rings (SSSR count). The second-order valence-corrected chi connectivity index (χ2v) is 9.09. The molecule has 0 aromatic carbocycles. The molecule has 0 unspecified atom stereocenters. The van der Waals surface area contributed by atoms with Crippen LogP contribution in [0.25, 0.3) is 0 Å². The molecule has 20 heavy (non-hydrogen) atoms. The number of hydrogen-bond donors (Lipinski definition) is 1. The van der Waals surface area contributed by atoms with Crippen LogP contribution in [-0.4, -0.2) is 19.9 Å². The first-order chi connectivity index (χ1) is 9.34. The Labute approximate surface area is 125 Å². The number of nitrogens with one attached hydrogen (secondary N) is 1. The van der Waals surface area contributed by atoms with Crippen LogP contribution in [0.2, 0.25) is 4.34 Å². The van der Waals surface area contributed by atoms with Gasteiger partial charge >= 0.3 is 0 Å². The Balaban J connectivity index is 1.74. The summed E-state index contributed by atoms with van der Waals surface area (Å²) >= 11 is 6.41. The van der Waals surface area contributed by atoms with Crippen molar-refractivity contribution in [3.8, 4) is 0 Å². The summed E-state index contributed by atoms with van der Waals surface area (Å²) in [4.78, 5) is 10.0. The predicted octanol–water partition coefficient (Wildman–Crippen LogP) is 2.78. The molecule has 2 fully saturated rings. The zero-order valence-electron chi connectivity index (χ0n) is 10.5. The summed E-state index contributed by atoms with van der Waals surface area (Å²) in [6.07, 6.45) is 4.48. The zero-order chi connectivity index (χ0) is 14.5. The third-order valence-corrected chi connectivity index (χ3v) is 7.27. The van der Waals surface area contributed by atoms with Crippen LogP contribution in [0.1, 0.15) is 25.7 Å². The molecule has 0 atom stereocenters. The van der Waals surface area contributed by atoms with Gasteiger partial charge in [0.25, 0.3) is 5.69 Å². The van der Waals surface area contributed by atoms with Crippen LogP contribution in [0.15, 0.2) is 10.3 Å². The van der Waals surface area contributed by atoms with Gasteiger partial charge in [0, 0.05) is 12.6 Å². The van der Waals surface area contributed by atoms with E-state index >= 15 is 0 Å². The Morgan fingerprint density at radius 2 is 2.15 bits per heavy atom. The highest BCUT2D eigenvalue weighted by Gasteiger charge is 2.53. The minimum atomic E-state index is -3.71. The van der Waals surface area contributed by atoms with E-state index in [1.165, 1.54) is 12.8 Å². The lowest BCUT2D eigenvalue weighted by molar-refractivity contribution is -0.384. The number of sulfonamides is 1. The van der Waals surface area contributed by atoms with E-state index < -0.39 is 14.9 Å². The number of rotatable bonds is 6. The fourth-order valence-corrected chi connectivity index (χ4v) is 5.34. The van der Waals surface area contributed by atoms with E-state index in [0.717, 1.165) is 30.2 Å². The van der Waals surface area contributed by atoms with Gasteiger partial charge in [-0.05, 0) is 37.0 Å². The van der Waals surface area contributed by atoms with Gasteiger partial charge in [0.05, 0.1) is 4.92 Å². The number of thiophene rings is 1. The maximum Gasteiger partial charge on any atom is 0.300 e. The second-order valence-electron chi connectivity index (χ2n) is 5.44. The van der Waals surface area contributed by atoms with Gasteiger partial charge < -0.3 is 0 Å². The van der Waals surface area contributed by atoms with E-state index in [2.05, 4.69) is 4.72 Å². The topological polar surface area (TPSA) is 89.3 Å². The summed E-state index contributed by atoms with van der Waals surface area (Å²) in [5, 5.41) is 10.7. The normalized spacial score (nSPS) is 20.9. The van der Waals surface area contributed by atoms with E-state index in [0.29, 0.717) is 12.5 Å². The van der Waals surface area contributed by atoms with Gasteiger partial charge in [0.2, 0.25) is 10.0 Å². The summed E-state index contributed by atoms with van der Waals surface area (Å²) in [6, 6.07) is 1.02. The Morgan fingerprint density at radius 3 is 2.60 bits per heavy atom. The maximum atomic E-state index is 12.2. The Hall–Kier alpha value is -0.700. The number of hydrogen-bond acceptors (Lipinski definition) is 5. The highest BCUT2D eigenvalue weighted by molar-refractivity contribution is 7.91. The van der Waals surface area contributed by atoms with Gasteiger partial charge in [-0.3, -0.25) is 10.1 Å². The zero-order valence-corrected chi connectivity index (χ0v) is 12.9. The van der Waals surface area contributed by atoms with E-state index in [-0.39, 0.29) is 19.6 Å². The molecular weight excluding hydrogens is 324 g/mol. The van der Waals surface area contributed by atoms with Crippen molar-refractivity contribution in [3.63, 3.8) is 0 Å². The van der Waals surface area contributed by atoms with Crippen molar-refractivity contribution in [3.05, 3.63) is 20.5 Å². The lowest BCUT2D eigenvalue weighted by Crippen LogP contribution is -2.30. The van der Waals surface area contributed by atoms with Crippen molar-refractivity contribution in [2.45, 2.75) is 29.9 Å². The molecule has 0 bridgehead atoms. The largest absolute Gasteiger partial charge is 0.300 e. The lowest BCUT2D eigenvalue weighted by atomic mass is 10.0. The van der Waals surface area contributed by atoms with Crippen molar-refractivity contribution < 1.29 is 13.3 Å². The molecule has 1 aromatic rings. The number of halogens is 1. The van der Waals surface area contributed by atoms with Crippen LogP contribution in [0.5, 0.6) is 0 Å². The van der Waals surface area contributed by atoms with Crippen LogP contribution in [0.4, 0.5) is 5.69 Å². The number of nitrogens with zero attached hydrogens (tertiary/aromatic N) is 1. The summed E-state index contributed by atoms with van der Waals surface area (Å²) in [6.45, 7) is 0.420. The van der Waals surface area contributed by atoms with Crippen LogP contribution >= 0.6 is 22.9 Å². The van der Waals surface area contributed by atoms with E-state index in [1.54, 1.807) is 0 Å². The molecule has 0 radical (unpaired) electrons. The lowest BCUT2D eigenvalue weighted by Gasteiger charge is -2.14. The van der Waals surface area contributed by atoms with Crippen molar-refractivity contribution in [2.24, 2.45) is 11.3 Å².